The van der Waals surface area contributed by atoms with Gasteiger partial charge in [0.25, 0.3) is 0 Å². The predicted molar refractivity (Wildman–Crippen MR) is 64.3 cm³/mol. The van der Waals surface area contributed by atoms with Crippen molar-refractivity contribution >= 4 is 0 Å². The smallest absolute Gasteiger partial charge is 0.190 e. The van der Waals surface area contributed by atoms with Gasteiger partial charge in [-0.2, -0.15) is 0 Å². The van der Waals surface area contributed by atoms with Crippen LogP contribution in [0.3, 0.4) is 0 Å². The number of azide groups is 1. The van der Waals surface area contributed by atoms with Crippen molar-refractivity contribution in [2.75, 3.05) is 20.8 Å². The van der Waals surface area contributed by atoms with Gasteiger partial charge in [-0.15, -0.1) is 0 Å². The number of methoxy groups -OCH3 is 2. The second-order valence-electron chi connectivity index (χ2n) is 5.00. The van der Waals surface area contributed by atoms with E-state index in [-0.39, 0.29) is 18.8 Å². The monoisotopic (exact) mass is 273 g/mol. The maximum atomic E-state index is 8.61. The lowest BCUT2D eigenvalue weighted by Gasteiger charge is -2.27. The van der Waals surface area contributed by atoms with Crippen molar-refractivity contribution in [1.29, 1.82) is 0 Å². The highest BCUT2D eigenvalue weighted by Gasteiger charge is 2.56. The fraction of sp³-hybridized carbons (Fsp3) is 1.00. The SMILES string of the molecule is COC[C@@H](N=[N+]=[N-])[C@H]1O[C@@H]2OC(C)(C)O[C@@H]2[C@@H]1OC. The van der Waals surface area contributed by atoms with Gasteiger partial charge in [-0.3, -0.25) is 0 Å². The molecule has 2 aliphatic heterocycles. The van der Waals surface area contributed by atoms with E-state index in [2.05, 4.69) is 10.0 Å². The molecule has 2 heterocycles. The molecule has 0 spiro atoms. The molecule has 0 bridgehead atoms. The number of fused-ring (bicyclic) bond motifs is 1. The fourth-order valence-electron chi connectivity index (χ4n) is 2.51. The Morgan fingerprint density at radius 2 is 2.11 bits per heavy atom. The van der Waals surface area contributed by atoms with Gasteiger partial charge in [0.1, 0.15) is 18.3 Å². The third-order valence-corrected chi connectivity index (χ3v) is 3.22. The van der Waals surface area contributed by atoms with Crippen molar-refractivity contribution in [3.05, 3.63) is 10.4 Å². The average Bonchev–Trinajstić information content (AvgIpc) is 2.80. The van der Waals surface area contributed by atoms with Gasteiger partial charge in [0.2, 0.25) is 0 Å². The molecule has 2 fully saturated rings. The average molecular weight is 273 g/mol. The molecule has 0 saturated carbocycles. The topological polar surface area (TPSA) is 94.9 Å². The minimum absolute atomic E-state index is 0.247. The zero-order valence-corrected chi connectivity index (χ0v) is 11.5. The summed E-state index contributed by atoms with van der Waals surface area (Å²) in [4.78, 5) is 2.82. The first-order valence-electron chi connectivity index (χ1n) is 6.09. The highest BCUT2D eigenvalue weighted by Crippen LogP contribution is 2.39. The zero-order chi connectivity index (χ0) is 14.0. The van der Waals surface area contributed by atoms with Crippen LogP contribution in [-0.2, 0) is 23.7 Å². The molecule has 2 aliphatic rings. The Morgan fingerprint density at radius 1 is 1.37 bits per heavy atom. The Bertz CT molecular complexity index is 371. The van der Waals surface area contributed by atoms with Gasteiger partial charge in [-0.25, -0.2) is 0 Å². The third-order valence-electron chi connectivity index (χ3n) is 3.22. The van der Waals surface area contributed by atoms with Crippen LogP contribution < -0.4 is 0 Å². The van der Waals surface area contributed by atoms with Crippen molar-refractivity contribution in [3.8, 4) is 0 Å². The van der Waals surface area contributed by atoms with Crippen LogP contribution >= 0.6 is 0 Å². The van der Waals surface area contributed by atoms with Crippen LogP contribution in [0.1, 0.15) is 13.8 Å². The summed E-state index contributed by atoms with van der Waals surface area (Å²) in [7, 11) is 3.10. The molecule has 19 heavy (non-hydrogen) atoms. The summed E-state index contributed by atoms with van der Waals surface area (Å²) in [6.07, 6.45) is -1.67. The molecule has 2 rings (SSSR count). The molecule has 0 aliphatic carbocycles. The lowest BCUT2D eigenvalue weighted by atomic mass is 10.0. The van der Waals surface area contributed by atoms with Crippen LogP contribution in [0.25, 0.3) is 10.4 Å². The van der Waals surface area contributed by atoms with Crippen molar-refractivity contribution in [1.82, 2.24) is 0 Å². The molecule has 2 saturated heterocycles. The van der Waals surface area contributed by atoms with Crippen molar-refractivity contribution < 1.29 is 23.7 Å². The first-order valence-corrected chi connectivity index (χ1v) is 6.09. The van der Waals surface area contributed by atoms with E-state index >= 15 is 0 Å². The summed E-state index contributed by atoms with van der Waals surface area (Å²) in [6.45, 7) is 3.88. The molecule has 0 radical (unpaired) electrons. The number of hydrogen-bond acceptors (Lipinski definition) is 6. The summed E-state index contributed by atoms with van der Waals surface area (Å²) >= 11 is 0. The Hall–Kier alpha value is -0.890. The Morgan fingerprint density at radius 3 is 2.68 bits per heavy atom. The third kappa shape index (κ3) is 2.84. The molecule has 0 aromatic rings. The molecule has 0 unspecified atom stereocenters. The first-order chi connectivity index (χ1) is 9.02. The summed E-state index contributed by atoms with van der Waals surface area (Å²) in [6, 6.07) is -0.485. The van der Waals surface area contributed by atoms with Crippen LogP contribution in [-0.4, -0.2) is 57.3 Å². The van der Waals surface area contributed by atoms with Gasteiger partial charge in [0.05, 0.1) is 12.6 Å². The molecular weight excluding hydrogens is 254 g/mol. The summed E-state index contributed by atoms with van der Waals surface area (Å²) in [5.41, 5.74) is 8.61. The predicted octanol–water partition coefficient (Wildman–Crippen LogP) is 1.20. The van der Waals surface area contributed by atoms with Crippen LogP contribution in [0, 0.1) is 0 Å². The van der Waals surface area contributed by atoms with Gasteiger partial charge in [-0.05, 0) is 19.4 Å². The van der Waals surface area contributed by atoms with Crippen molar-refractivity contribution in [2.45, 2.75) is 50.3 Å². The molecule has 0 aromatic carbocycles. The normalized spacial score (nSPS) is 37.7. The van der Waals surface area contributed by atoms with Crippen molar-refractivity contribution in [3.63, 3.8) is 0 Å². The van der Waals surface area contributed by atoms with E-state index in [0.29, 0.717) is 0 Å². The lowest BCUT2D eigenvalue weighted by Crippen LogP contribution is -2.42. The van der Waals surface area contributed by atoms with E-state index in [1.807, 2.05) is 13.8 Å². The second kappa shape index (κ2) is 5.62. The van der Waals surface area contributed by atoms with Gasteiger partial charge < -0.3 is 23.7 Å². The van der Waals surface area contributed by atoms with E-state index < -0.39 is 24.2 Å². The Balaban J connectivity index is 2.14. The zero-order valence-electron chi connectivity index (χ0n) is 11.5. The van der Waals surface area contributed by atoms with Crippen LogP contribution in [0.4, 0.5) is 0 Å². The van der Waals surface area contributed by atoms with E-state index in [4.69, 9.17) is 29.2 Å². The number of ether oxygens (including phenoxy) is 5. The minimum Gasteiger partial charge on any atom is -0.384 e. The van der Waals surface area contributed by atoms with E-state index in [0.717, 1.165) is 0 Å². The van der Waals surface area contributed by atoms with E-state index in [9.17, 15) is 0 Å². The molecule has 0 amide bonds. The first kappa shape index (κ1) is 14.5. The van der Waals surface area contributed by atoms with E-state index in [1.165, 1.54) is 7.11 Å². The quantitative estimate of drug-likeness (QED) is 0.426. The molecule has 8 nitrogen and oxygen atoms in total. The molecular formula is C11H19N3O5. The summed E-state index contributed by atoms with van der Waals surface area (Å²) in [5.74, 6) is -0.702. The number of hydrogen-bond donors (Lipinski definition) is 0. The highest BCUT2D eigenvalue weighted by atomic mass is 16.8. The maximum absolute atomic E-state index is 8.61. The minimum atomic E-state index is -0.702. The van der Waals surface area contributed by atoms with Crippen molar-refractivity contribution in [2.24, 2.45) is 5.11 Å². The maximum Gasteiger partial charge on any atom is 0.190 e. The van der Waals surface area contributed by atoms with Gasteiger partial charge in [0, 0.05) is 19.1 Å². The van der Waals surface area contributed by atoms with Gasteiger partial charge in [0.15, 0.2) is 12.1 Å². The molecule has 0 N–H and O–H groups in total. The van der Waals surface area contributed by atoms with Gasteiger partial charge in [-0.1, -0.05) is 5.11 Å². The standard InChI is InChI=1S/C11H19N3O5/c1-11(2)18-9-8(16-4)7(17-10(9)19-11)6(5-15-3)13-14-12/h6-10H,5H2,1-4H3/t6-,7-,8-,9-,10-/m1/s1. The highest BCUT2D eigenvalue weighted by molar-refractivity contribution is 4.98. The molecule has 0 aromatic heterocycles. The van der Waals surface area contributed by atoms with Gasteiger partial charge >= 0.3 is 0 Å². The molecule has 5 atom stereocenters. The van der Waals surface area contributed by atoms with Crippen LogP contribution in [0.15, 0.2) is 5.11 Å². The van der Waals surface area contributed by atoms with Crippen LogP contribution in [0.2, 0.25) is 0 Å². The summed E-state index contributed by atoms with van der Waals surface area (Å²) in [5, 5.41) is 3.70. The Kier molecular flexibility index (Phi) is 4.29. The molecule has 8 heteroatoms. The lowest BCUT2D eigenvalue weighted by molar-refractivity contribution is -0.219. The largest absolute Gasteiger partial charge is 0.384 e. The van der Waals surface area contributed by atoms with E-state index in [1.54, 1.807) is 7.11 Å². The van der Waals surface area contributed by atoms with Crippen LogP contribution in [0.5, 0.6) is 0 Å². The fourth-order valence-corrected chi connectivity index (χ4v) is 2.51. The second-order valence-corrected chi connectivity index (χ2v) is 5.00. The number of rotatable bonds is 5. The summed E-state index contributed by atoms with van der Waals surface area (Å²) < 4.78 is 27.7. The Labute approximate surface area is 111 Å². The molecule has 108 valence electrons. The number of nitrogens with zero attached hydrogens (tertiary/aromatic N) is 3.